The van der Waals surface area contributed by atoms with E-state index in [1.807, 2.05) is 5.43 Å². The van der Waals surface area contributed by atoms with Gasteiger partial charge in [-0.05, 0) is 23.8 Å². The van der Waals surface area contributed by atoms with Gasteiger partial charge < -0.3 is 9.84 Å². The highest BCUT2D eigenvalue weighted by Crippen LogP contribution is 2.26. The molecule has 9 heteroatoms. The summed E-state index contributed by atoms with van der Waals surface area (Å²) in [4.78, 5) is 2.41. The van der Waals surface area contributed by atoms with Gasteiger partial charge >= 0.3 is 0 Å². The number of phenols is 1. The molecular weight excluding hydrogens is 306 g/mol. The Morgan fingerprint density at radius 3 is 2.36 bits per heavy atom. The molecule has 0 saturated heterocycles. The molecule has 116 valence electrons. The van der Waals surface area contributed by atoms with Crippen LogP contribution in [0.3, 0.4) is 0 Å². The van der Waals surface area contributed by atoms with Gasteiger partial charge in [-0.25, -0.2) is 0 Å². The zero-order chi connectivity index (χ0) is 16.3. The first-order valence-electron chi connectivity index (χ1n) is 5.80. The Labute approximate surface area is 121 Å². The number of phenolic OH excluding ortho intramolecular Hbond substituents is 1. The number of rotatable bonds is 4. The van der Waals surface area contributed by atoms with Crippen LogP contribution < -0.4 is 10.2 Å². The molecule has 0 fully saturated rings. The molecule has 0 unspecified atom stereocenters. The van der Waals surface area contributed by atoms with E-state index in [0.29, 0.717) is 5.56 Å². The van der Waals surface area contributed by atoms with Gasteiger partial charge in [-0.3, -0.25) is 5.43 Å². The van der Waals surface area contributed by atoms with Crippen molar-refractivity contribution < 1.29 is 27.4 Å². The molecular formula is C13H9F4N3O2. The van der Waals surface area contributed by atoms with Gasteiger partial charge in [-0.2, -0.15) is 27.6 Å². The average Bonchev–Trinajstić information content (AvgIpc) is 2.49. The van der Waals surface area contributed by atoms with Gasteiger partial charge in [0.1, 0.15) is 5.69 Å². The molecule has 0 bridgehead atoms. The number of methoxy groups -OCH3 is 1. The van der Waals surface area contributed by atoms with Crippen molar-refractivity contribution in [2.75, 3.05) is 12.5 Å². The number of benzene rings is 1. The van der Waals surface area contributed by atoms with E-state index in [9.17, 15) is 22.7 Å². The number of aromatic hydroxyl groups is 1. The van der Waals surface area contributed by atoms with Gasteiger partial charge in [0.2, 0.25) is 11.6 Å². The van der Waals surface area contributed by atoms with Crippen LogP contribution in [0, 0.1) is 23.5 Å². The average molecular weight is 315 g/mol. The molecule has 0 atom stereocenters. The lowest BCUT2D eigenvalue weighted by Gasteiger charge is -2.05. The summed E-state index contributed by atoms with van der Waals surface area (Å²) in [6, 6.07) is 4.19. The van der Waals surface area contributed by atoms with Crippen LogP contribution >= 0.6 is 0 Å². The monoisotopic (exact) mass is 315 g/mol. The fourth-order valence-electron chi connectivity index (χ4n) is 1.54. The molecule has 5 nitrogen and oxygen atoms in total. The number of aromatic nitrogens is 1. The van der Waals surface area contributed by atoms with Gasteiger partial charge in [0.15, 0.2) is 11.5 Å². The Hall–Kier alpha value is -2.84. The van der Waals surface area contributed by atoms with Crippen LogP contribution in [0.2, 0.25) is 0 Å². The van der Waals surface area contributed by atoms with E-state index in [4.69, 9.17) is 4.74 Å². The fourth-order valence-corrected chi connectivity index (χ4v) is 1.54. The lowest BCUT2D eigenvalue weighted by molar-refractivity contribution is 0.373. The van der Waals surface area contributed by atoms with Gasteiger partial charge in [0.25, 0.3) is 11.9 Å². The van der Waals surface area contributed by atoms with Crippen molar-refractivity contribution in [2.45, 2.75) is 0 Å². The molecule has 2 aromatic rings. The van der Waals surface area contributed by atoms with E-state index in [0.717, 1.165) is 6.21 Å². The van der Waals surface area contributed by atoms with E-state index in [1.165, 1.54) is 25.3 Å². The van der Waals surface area contributed by atoms with Crippen LogP contribution in [0.5, 0.6) is 11.5 Å². The van der Waals surface area contributed by atoms with E-state index in [2.05, 4.69) is 10.1 Å². The van der Waals surface area contributed by atoms with Crippen molar-refractivity contribution in [1.82, 2.24) is 4.98 Å². The Balaban J connectivity index is 2.21. The van der Waals surface area contributed by atoms with Crippen molar-refractivity contribution in [3.05, 3.63) is 47.3 Å². The van der Waals surface area contributed by atoms with Gasteiger partial charge in [0, 0.05) is 0 Å². The molecule has 1 heterocycles. The summed E-state index contributed by atoms with van der Waals surface area (Å²) in [6.45, 7) is 0. The minimum atomic E-state index is -1.79. The second kappa shape index (κ2) is 6.29. The minimum absolute atomic E-state index is 0.176. The molecule has 2 N–H and O–H groups in total. The van der Waals surface area contributed by atoms with Crippen molar-refractivity contribution in [2.24, 2.45) is 5.10 Å². The summed E-state index contributed by atoms with van der Waals surface area (Å²) in [5.74, 6) is -6.94. The molecule has 0 aliphatic carbocycles. The number of ether oxygens (including phenoxy) is 1. The van der Waals surface area contributed by atoms with Crippen LogP contribution in [0.15, 0.2) is 23.3 Å². The standard InChI is InChI=1S/C13H9F4N3O2/c1-22-8-3-2-6(4-7(8)21)5-18-20-11-9(14)12(16)19-13(17)10(11)15/h2-5,21H,1H3,(H,19,20)/b18-5-. The predicted octanol–water partition coefficient (Wildman–Crippen LogP) is 2.80. The number of hydrazone groups is 1. The topological polar surface area (TPSA) is 66.7 Å². The molecule has 0 saturated carbocycles. The minimum Gasteiger partial charge on any atom is -0.504 e. The number of anilines is 1. The van der Waals surface area contributed by atoms with Crippen molar-refractivity contribution in [1.29, 1.82) is 0 Å². The molecule has 2 rings (SSSR count). The van der Waals surface area contributed by atoms with Crippen molar-refractivity contribution in [3.63, 3.8) is 0 Å². The van der Waals surface area contributed by atoms with Crippen LogP contribution in [-0.4, -0.2) is 23.4 Å². The van der Waals surface area contributed by atoms with Crippen LogP contribution in [-0.2, 0) is 0 Å². The molecule has 0 aliphatic rings. The summed E-state index contributed by atoms with van der Waals surface area (Å²) in [6.07, 6.45) is 1.08. The first-order valence-corrected chi connectivity index (χ1v) is 5.80. The van der Waals surface area contributed by atoms with Crippen molar-refractivity contribution >= 4 is 11.9 Å². The van der Waals surface area contributed by atoms with Crippen LogP contribution in [0.25, 0.3) is 0 Å². The summed E-state index contributed by atoms with van der Waals surface area (Å²) in [5.41, 5.74) is 1.08. The van der Waals surface area contributed by atoms with E-state index < -0.39 is 29.2 Å². The predicted molar refractivity (Wildman–Crippen MR) is 69.9 cm³/mol. The Bertz CT molecular complexity index is 711. The Morgan fingerprint density at radius 2 is 1.82 bits per heavy atom. The third kappa shape index (κ3) is 3.08. The second-order valence-corrected chi connectivity index (χ2v) is 4.00. The summed E-state index contributed by atoms with van der Waals surface area (Å²) in [5, 5.41) is 13.0. The smallest absolute Gasteiger partial charge is 0.254 e. The third-order valence-electron chi connectivity index (χ3n) is 2.59. The van der Waals surface area contributed by atoms with E-state index in [-0.39, 0.29) is 11.5 Å². The largest absolute Gasteiger partial charge is 0.504 e. The number of halogens is 4. The van der Waals surface area contributed by atoms with E-state index in [1.54, 1.807) is 0 Å². The maximum absolute atomic E-state index is 13.3. The lowest BCUT2D eigenvalue weighted by Crippen LogP contribution is -2.05. The van der Waals surface area contributed by atoms with Gasteiger partial charge in [-0.1, -0.05) is 0 Å². The molecule has 0 amide bonds. The maximum Gasteiger partial charge on any atom is 0.254 e. The maximum atomic E-state index is 13.3. The zero-order valence-electron chi connectivity index (χ0n) is 11.1. The molecule has 0 radical (unpaired) electrons. The van der Waals surface area contributed by atoms with Crippen molar-refractivity contribution in [3.8, 4) is 11.5 Å². The molecule has 0 spiro atoms. The van der Waals surface area contributed by atoms with Gasteiger partial charge in [0.05, 0.1) is 13.3 Å². The van der Waals surface area contributed by atoms with Gasteiger partial charge in [-0.15, -0.1) is 0 Å². The number of hydrogen-bond acceptors (Lipinski definition) is 5. The number of nitrogens with one attached hydrogen (secondary N) is 1. The van der Waals surface area contributed by atoms with E-state index >= 15 is 0 Å². The summed E-state index contributed by atoms with van der Waals surface area (Å²) < 4.78 is 57.2. The highest BCUT2D eigenvalue weighted by molar-refractivity contribution is 5.81. The summed E-state index contributed by atoms with van der Waals surface area (Å²) >= 11 is 0. The zero-order valence-corrected chi connectivity index (χ0v) is 11.1. The number of pyridine rings is 1. The Morgan fingerprint density at radius 1 is 1.18 bits per heavy atom. The molecule has 1 aromatic carbocycles. The van der Waals surface area contributed by atoms with Crippen LogP contribution in [0.1, 0.15) is 5.56 Å². The number of hydrogen-bond donors (Lipinski definition) is 2. The lowest BCUT2D eigenvalue weighted by atomic mass is 10.2. The number of nitrogens with zero attached hydrogens (tertiary/aromatic N) is 2. The van der Waals surface area contributed by atoms with Crippen LogP contribution in [0.4, 0.5) is 23.2 Å². The normalized spacial score (nSPS) is 11.0. The SMILES string of the molecule is COc1ccc(/C=N\Nc2c(F)c(F)nc(F)c2F)cc1O. The summed E-state index contributed by atoms with van der Waals surface area (Å²) in [7, 11) is 1.36. The highest BCUT2D eigenvalue weighted by Gasteiger charge is 2.20. The first-order chi connectivity index (χ1) is 10.4. The highest BCUT2D eigenvalue weighted by atomic mass is 19.2. The Kier molecular flexibility index (Phi) is 4.44. The third-order valence-corrected chi connectivity index (χ3v) is 2.59. The fraction of sp³-hybridized carbons (Fsp3) is 0.0769. The first kappa shape index (κ1) is 15.5. The molecule has 22 heavy (non-hydrogen) atoms. The molecule has 0 aliphatic heterocycles. The second-order valence-electron chi connectivity index (χ2n) is 4.00. The molecule has 1 aromatic heterocycles. The quantitative estimate of drug-likeness (QED) is 0.394.